The Hall–Kier alpha value is -1.31. The van der Waals surface area contributed by atoms with E-state index in [4.69, 9.17) is 11.6 Å². The van der Waals surface area contributed by atoms with Gasteiger partial charge in [-0.15, -0.1) is 0 Å². The van der Waals surface area contributed by atoms with Crippen LogP contribution in [0.4, 0.5) is 0 Å². The minimum absolute atomic E-state index is 0.148. The van der Waals surface area contributed by atoms with E-state index in [1.54, 1.807) is 0 Å². The van der Waals surface area contributed by atoms with Crippen molar-refractivity contribution >= 4 is 11.6 Å². The third-order valence-electron chi connectivity index (χ3n) is 4.19. The van der Waals surface area contributed by atoms with Gasteiger partial charge in [0.2, 0.25) is 0 Å². The molecular weight excluding hydrogens is 280 g/mol. The second-order valence-electron chi connectivity index (χ2n) is 5.72. The van der Waals surface area contributed by atoms with E-state index in [0.29, 0.717) is 12.3 Å². The normalized spacial score (nSPS) is 15.4. The van der Waals surface area contributed by atoms with Gasteiger partial charge in [-0.2, -0.15) is 0 Å². The summed E-state index contributed by atoms with van der Waals surface area (Å²) >= 11 is 6.03. The molecule has 3 atom stereocenters. The lowest BCUT2D eigenvalue weighted by Crippen LogP contribution is -2.26. The molecule has 2 aromatic rings. The van der Waals surface area contributed by atoms with Crippen LogP contribution in [-0.4, -0.2) is 11.2 Å². The molecule has 2 aromatic carbocycles. The van der Waals surface area contributed by atoms with Gasteiger partial charge in [0.05, 0.1) is 6.10 Å². The smallest absolute Gasteiger partial charge is 0.0651 e. The Kier molecular flexibility index (Phi) is 5.84. The largest absolute Gasteiger partial charge is 0.392 e. The predicted molar refractivity (Wildman–Crippen MR) is 89.8 cm³/mol. The molecule has 1 N–H and O–H groups in total. The maximum Gasteiger partial charge on any atom is 0.0651 e. The molecule has 0 aliphatic heterocycles. The maximum absolute atomic E-state index is 10.8. The van der Waals surface area contributed by atoms with Crippen LogP contribution in [0.1, 0.15) is 37.3 Å². The first-order valence-electron chi connectivity index (χ1n) is 7.59. The third-order valence-corrected chi connectivity index (χ3v) is 4.42. The van der Waals surface area contributed by atoms with Crippen LogP contribution in [0.5, 0.6) is 0 Å². The van der Waals surface area contributed by atoms with Gasteiger partial charge in [0.15, 0.2) is 0 Å². The van der Waals surface area contributed by atoms with Gasteiger partial charge in [0, 0.05) is 10.9 Å². The van der Waals surface area contributed by atoms with E-state index in [-0.39, 0.29) is 5.92 Å². The Morgan fingerprint density at radius 1 is 1.05 bits per heavy atom. The minimum atomic E-state index is -0.402. The predicted octanol–water partition coefficient (Wildman–Crippen LogP) is 5.07. The zero-order chi connectivity index (χ0) is 15.2. The van der Waals surface area contributed by atoms with E-state index in [0.717, 1.165) is 17.0 Å². The molecule has 112 valence electrons. The summed E-state index contributed by atoms with van der Waals surface area (Å²) in [5, 5.41) is 11.5. The van der Waals surface area contributed by atoms with Crippen molar-refractivity contribution in [1.29, 1.82) is 0 Å². The molecule has 0 heterocycles. The fraction of sp³-hybridized carbons (Fsp3) is 0.368. The number of hydrogen-bond acceptors (Lipinski definition) is 1. The topological polar surface area (TPSA) is 20.2 Å². The molecule has 2 rings (SSSR count). The van der Waals surface area contributed by atoms with Crippen LogP contribution < -0.4 is 0 Å². The molecule has 0 aromatic heterocycles. The second kappa shape index (κ2) is 7.63. The summed E-state index contributed by atoms with van der Waals surface area (Å²) < 4.78 is 0. The number of benzene rings is 2. The van der Waals surface area contributed by atoms with E-state index < -0.39 is 6.10 Å². The number of aliphatic hydroxyl groups excluding tert-OH is 1. The molecule has 0 radical (unpaired) electrons. The van der Waals surface area contributed by atoms with Gasteiger partial charge in [-0.1, -0.05) is 74.3 Å². The first-order valence-corrected chi connectivity index (χ1v) is 7.97. The van der Waals surface area contributed by atoms with Crippen molar-refractivity contribution in [3.8, 4) is 0 Å². The molecule has 0 amide bonds. The van der Waals surface area contributed by atoms with Crippen molar-refractivity contribution in [2.45, 2.75) is 38.7 Å². The Labute approximate surface area is 132 Å². The Balaban J connectivity index is 2.20. The lowest BCUT2D eigenvalue weighted by Gasteiger charge is -2.28. The lowest BCUT2D eigenvalue weighted by atomic mass is 9.79. The summed E-state index contributed by atoms with van der Waals surface area (Å²) in [5.41, 5.74) is 2.29. The van der Waals surface area contributed by atoms with Crippen molar-refractivity contribution in [2.75, 3.05) is 0 Å². The molecule has 0 bridgehead atoms. The van der Waals surface area contributed by atoms with Crippen molar-refractivity contribution < 1.29 is 5.11 Å². The van der Waals surface area contributed by atoms with E-state index in [1.165, 1.54) is 5.56 Å². The number of hydrogen-bond donors (Lipinski definition) is 1. The Bertz CT molecular complexity index is 553. The van der Waals surface area contributed by atoms with Crippen LogP contribution in [0, 0.1) is 5.92 Å². The van der Waals surface area contributed by atoms with Crippen molar-refractivity contribution in [2.24, 2.45) is 5.92 Å². The monoisotopic (exact) mass is 302 g/mol. The average molecular weight is 303 g/mol. The highest BCUT2D eigenvalue weighted by Crippen LogP contribution is 2.32. The van der Waals surface area contributed by atoms with Crippen molar-refractivity contribution in [3.05, 3.63) is 70.7 Å². The van der Waals surface area contributed by atoms with Gasteiger partial charge in [-0.25, -0.2) is 0 Å². The number of halogens is 1. The van der Waals surface area contributed by atoms with E-state index in [9.17, 15) is 5.11 Å². The van der Waals surface area contributed by atoms with Gasteiger partial charge in [-0.3, -0.25) is 0 Å². The summed E-state index contributed by atoms with van der Waals surface area (Å²) in [6, 6.07) is 18.1. The highest BCUT2D eigenvalue weighted by molar-refractivity contribution is 6.30. The molecule has 0 saturated heterocycles. The van der Waals surface area contributed by atoms with Gasteiger partial charge in [0.1, 0.15) is 0 Å². The zero-order valence-corrected chi connectivity index (χ0v) is 13.4. The summed E-state index contributed by atoms with van der Waals surface area (Å²) in [6.45, 7) is 4.38. The molecular formula is C19H23ClO. The maximum atomic E-state index is 10.8. The van der Waals surface area contributed by atoms with E-state index in [1.807, 2.05) is 42.5 Å². The molecule has 21 heavy (non-hydrogen) atoms. The number of aliphatic hydroxyl groups is 1. The fourth-order valence-electron chi connectivity index (χ4n) is 2.89. The minimum Gasteiger partial charge on any atom is -0.392 e. The molecule has 2 heteroatoms. The molecule has 0 spiro atoms. The summed E-state index contributed by atoms with van der Waals surface area (Å²) in [6.07, 6.45) is 1.28. The molecule has 1 nitrogen and oxygen atoms in total. The summed E-state index contributed by atoms with van der Waals surface area (Å²) in [5.74, 6) is 0.580. The highest BCUT2D eigenvalue weighted by atomic mass is 35.5. The second-order valence-corrected chi connectivity index (χ2v) is 6.16. The molecule has 0 fully saturated rings. The fourth-order valence-corrected chi connectivity index (χ4v) is 3.10. The van der Waals surface area contributed by atoms with Crippen LogP contribution in [0.25, 0.3) is 0 Å². The SMILES string of the molecule is CCC(C)C(c1ccccc1)C(O)Cc1cccc(Cl)c1. The number of rotatable bonds is 6. The van der Waals surface area contributed by atoms with E-state index in [2.05, 4.69) is 26.0 Å². The summed E-state index contributed by atoms with van der Waals surface area (Å²) in [4.78, 5) is 0. The first-order chi connectivity index (χ1) is 10.1. The third kappa shape index (κ3) is 4.33. The molecule has 3 unspecified atom stereocenters. The van der Waals surface area contributed by atoms with Gasteiger partial charge in [-0.05, 0) is 35.6 Å². The molecule has 0 saturated carbocycles. The quantitative estimate of drug-likeness (QED) is 0.789. The van der Waals surface area contributed by atoms with Crippen LogP contribution >= 0.6 is 11.6 Å². The van der Waals surface area contributed by atoms with Crippen LogP contribution in [-0.2, 0) is 6.42 Å². The molecule has 0 aliphatic rings. The van der Waals surface area contributed by atoms with Crippen LogP contribution in [0.15, 0.2) is 54.6 Å². The van der Waals surface area contributed by atoms with E-state index >= 15 is 0 Å². The average Bonchev–Trinajstić information content (AvgIpc) is 2.48. The molecule has 0 aliphatic carbocycles. The van der Waals surface area contributed by atoms with Crippen LogP contribution in [0.2, 0.25) is 5.02 Å². The first kappa shape index (κ1) is 16.1. The van der Waals surface area contributed by atoms with Crippen LogP contribution in [0.3, 0.4) is 0 Å². The van der Waals surface area contributed by atoms with Gasteiger partial charge in [0.25, 0.3) is 0 Å². The Morgan fingerprint density at radius 2 is 1.76 bits per heavy atom. The van der Waals surface area contributed by atoms with Crippen molar-refractivity contribution in [1.82, 2.24) is 0 Å². The summed E-state index contributed by atoms with van der Waals surface area (Å²) in [7, 11) is 0. The standard InChI is InChI=1S/C19H23ClO/c1-3-14(2)19(16-9-5-4-6-10-16)18(21)13-15-8-7-11-17(20)12-15/h4-12,14,18-19,21H,3,13H2,1-2H3. The van der Waals surface area contributed by atoms with Gasteiger partial charge < -0.3 is 5.11 Å². The Morgan fingerprint density at radius 3 is 2.38 bits per heavy atom. The van der Waals surface area contributed by atoms with Gasteiger partial charge >= 0.3 is 0 Å². The zero-order valence-electron chi connectivity index (χ0n) is 12.7. The lowest BCUT2D eigenvalue weighted by molar-refractivity contribution is 0.117. The van der Waals surface area contributed by atoms with Crippen molar-refractivity contribution in [3.63, 3.8) is 0 Å². The highest BCUT2D eigenvalue weighted by Gasteiger charge is 2.26.